The van der Waals surface area contributed by atoms with E-state index >= 15 is 0 Å². The third-order valence-electron chi connectivity index (χ3n) is 5.01. The molecule has 3 aromatic rings. The van der Waals surface area contributed by atoms with Crippen molar-refractivity contribution in [3.8, 4) is 11.4 Å². The Morgan fingerprint density at radius 3 is 2.89 bits per heavy atom. The maximum atomic E-state index is 11.8. The average Bonchev–Trinajstić information content (AvgIpc) is 3.19. The van der Waals surface area contributed by atoms with Crippen LogP contribution in [0.3, 0.4) is 0 Å². The van der Waals surface area contributed by atoms with E-state index in [0.29, 0.717) is 12.5 Å². The van der Waals surface area contributed by atoms with E-state index in [-0.39, 0.29) is 5.56 Å². The number of aryl methyl sites for hydroxylation is 1. The largest absolute Gasteiger partial charge is 0.309 e. The summed E-state index contributed by atoms with van der Waals surface area (Å²) in [5.41, 5.74) is 1.78. The quantitative estimate of drug-likeness (QED) is 0.726. The molecule has 7 heteroatoms. The van der Waals surface area contributed by atoms with Crippen LogP contribution in [0.15, 0.2) is 41.2 Å². The first-order valence-corrected chi connectivity index (χ1v) is 9.50. The van der Waals surface area contributed by atoms with Crippen LogP contribution in [0.2, 0.25) is 0 Å². The van der Waals surface area contributed by atoms with Gasteiger partial charge in [0.15, 0.2) is 5.82 Å². The summed E-state index contributed by atoms with van der Waals surface area (Å²) in [6.07, 6.45) is 2.93. The highest BCUT2D eigenvalue weighted by Crippen LogP contribution is 2.26. The maximum absolute atomic E-state index is 11.8. The van der Waals surface area contributed by atoms with Crippen molar-refractivity contribution in [2.45, 2.75) is 38.6 Å². The fourth-order valence-electron chi connectivity index (χ4n) is 3.63. The number of hydrogen-bond acceptors (Lipinski definition) is 5. The minimum Gasteiger partial charge on any atom is -0.309 e. The molecule has 1 aromatic carbocycles. The van der Waals surface area contributed by atoms with Crippen LogP contribution in [0.4, 0.5) is 0 Å². The van der Waals surface area contributed by atoms with Gasteiger partial charge in [0, 0.05) is 29.8 Å². The van der Waals surface area contributed by atoms with Crippen molar-refractivity contribution >= 4 is 0 Å². The number of likely N-dealkylation sites (tertiary alicyclic amines) is 1. The zero-order chi connectivity index (χ0) is 18.6. The summed E-state index contributed by atoms with van der Waals surface area (Å²) < 4.78 is 0. The topological polar surface area (TPSA) is 90.6 Å². The highest BCUT2D eigenvalue weighted by Gasteiger charge is 2.25. The number of rotatable bonds is 5. The number of aromatic amines is 2. The minimum absolute atomic E-state index is 0.0758. The summed E-state index contributed by atoms with van der Waals surface area (Å²) >= 11 is 0. The van der Waals surface area contributed by atoms with E-state index in [1.54, 1.807) is 6.07 Å². The summed E-state index contributed by atoms with van der Waals surface area (Å²) in [5.74, 6) is 2.72. The van der Waals surface area contributed by atoms with Gasteiger partial charge in [0.2, 0.25) is 0 Å². The first-order valence-electron chi connectivity index (χ1n) is 9.50. The summed E-state index contributed by atoms with van der Waals surface area (Å²) in [6.45, 7) is 4.54. The fraction of sp³-hybridized carbons (Fsp3) is 0.400. The van der Waals surface area contributed by atoms with E-state index in [1.165, 1.54) is 0 Å². The molecule has 0 bridgehead atoms. The molecule has 1 unspecified atom stereocenters. The van der Waals surface area contributed by atoms with Gasteiger partial charge in [0.05, 0.1) is 6.54 Å². The van der Waals surface area contributed by atoms with E-state index in [0.717, 1.165) is 61.1 Å². The van der Waals surface area contributed by atoms with Gasteiger partial charge in [-0.15, -0.1) is 0 Å². The molecule has 0 spiro atoms. The number of H-pyrrole nitrogens is 2. The van der Waals surface area contributed by atoms with Crippen molar-refractivity contribution in [3.05, 3.63) is 64.1 Å². The summed E-state index contributed by atoms with van der Waals surface area (Å²) in [5, 5.41) is 7.51. The maximum Gasteiger partial charge on any atom is 0.251 e. The summed E-state index contributed by atoms with van der Waals surface area (Å²) in [7, 11) is 0. The Morgan fingerprint density at radius 2 is 2.07 bits per heavy atom. The molecule has 1 atom stereocenters. The second kappa shape index (κ2) is 7.84. The van der Waals surface area contributed by atoms with Crippen molar-refractivity contribution < 1.29 is 0 Å². The second-order valence-corrected chi connectivity index (χ2v) is 7.02. The monoisotopic (exact) mass is 364 g/mol. The molecule has 0 aliphatic carbocycles. The molecule has 4 rings (SSSR count). The van der Waals surface area contributed by atoms with Crippen molar-refractivity contribution in [2.24, 2.45) is 0 Å². The number of nitrogens with one attached hydrogen (secondary N) is 2. The second-order valence-electron chi connectivity index (χ2n) is 7.02. The summed E-state index contributed by atoms with van der Waals surface area (Å²) in [4.78, 5) is 26.3. The Hall–Kier alpha value is -2.80. The van der Waals surface area contributed by atoms with E-state index < -0.39 is 0 Å². The fourth-order valence-corrected chi connectivity index (χ4v) is 3.63. The van der Waals surface area contributed by atoms with Crippen molar-refractivity contribution in [1.29, 1.82) is 0 Å². The Kier molecular flexibility index (Phi) is 5.11. The SMILES string of the molecule is CCc1cc(=O)[nH]c(CN2CCCC(c3nc(-c4ccccc4)n[nH]3)C2)n1. The Balaban J connectivity index is 1.46. The van der Waals surface area contributed by atoms with Gasteiger partial charge in [-0.3, -0.25) is 14.8 Å². The van der Waals surface area contributed by atoms with E-state index in [1.807, 2.05) is 37.3 Å². The lowest BCUT2D eigenvalue weighted by Crippen LogP contribution is -2.35. The molecule has 1 aliphatic rings. The standard InChI is InChI=1S/C20H24N6O/c1-2-16-11-18(27)22-17(21-16)13-26-10-6-9-15(12-26)20-23-19(24-25-20)14-7-4-3-5-8-14/h3-5,7-8,11,15H,2,6,9-10,12-13H2,1H3,(H,21,22,27)(H,23,24,25). The smallest absolute Gasteiger partial charge is 0.251 e. The lowest BCUT2D eigenvalue weighted by atomic mass is 9.97. The van der Waals surface area contributed by atoms with Crippen LogP contribution in [-0.2, 0) is 13.0 Å². The zero-order valence-corrected chi connectivity index (χ0v) is 15.5. The Bertz CT molecular complexity index is 948. The first-order chi connectivity index (χ1) is 13.2. The molecule has 1 saturated heterocycles. The van der Waals surface area contributed by atoms with Gasteiger partial charge in [0.1, 0.15) is 11.6 Å². The number of piperidine rings is 1. The van der Waals surface area contributed by atoms with Gasteiger partial charge in [-0.2, -0.15) is 5.10 Å². The zero-order valence-electron chi connectivity index (χ0n) is 15.5. The Labute approximate surface area is 157 Å². The molecular weight excluding hydrogens is 340 g/mol. The van der Waals surface area contributed by atoms with Crippen LogP contribution in [-0.4, -0.2) is 43.1 Å². The lowest BCUT2D eigenvalue weighted by molar-refractivity contribution is 0.192. The van der Waals surface area contributed by atoms with Crippen LogP contribution >= 0.6 is 0 Å². The molecule has 7 nitrogen and oxygen atoms in total. The molecule has 1 aliphatic heterocycles. The Morgan fingerprint density at radius 1 is 1.22 bits per heavy atom. The highest BCUT2D eigenvalue weighted by molar-refractivity contribution is 5.53. The molecular formula is C20H24N6O. The van der Waals surface area contributed by atoms with Gasteiger partial charge >= 0.3 is 0 Å². The third-order valence-corrected chi connectivity index (χ3v) is 5.01. The normalized spacial score (nSPS) is 17.9. The van der Waals surface area contributed by atoms with Crippen LogP contribution in [0.25, 0.3) is 11.4 Å². The van der Waals surface area contributed by atoms with Crippen LogP contribution in [0.5, 0.6) is 0 Å². The van der Waals surface area contributed by atoms with Gasteiger partial charge in [-0.25, -0.2) is 9.97 Å². The van der Waals surface area contributed by atoms with Gasteiger partial charge < -0.3 is 4.98 Å². The molecule has 0 saturated carbocycles. The predicted octanol–water partition coefficient (Wildman–Crippen LogP) is 2.50. The highest BCUT2D eigenvalue weighted by atomic mass is 16.1. The van der Waals surface area contributed by atoms with Crippen molar-refractivity contribution in [1.82, 2.24) is 30.0 Å². The van der Waals surface area contributed by atoms with Gasteiger partial charge in [-0.05, 0) is 25.8 Å². The number of aromatic nitrogens is 5. The molecule has 0 radical (unpaired) electrons. The predicted molar refractivity (Wildman–Crippen MR) is 103 cm³/mol. The molecule has 1 fully saturated rings. The van der Waals surface area contributed by atoms with Crippen molar-refractivity contribution in [3.63, 3.8) is 0 Å². The van der Waals surface area contributed by atoms with Crippen LogP contribution in [0, 0.1) is 0 Å². The van der Waals surface area contributed by atoms with E-state index in [4.69, 9.17) is 4.98 Å². The minimum atomic E-state index is -0.0758. The third kappa shape index (κ3) is 4.14. The van der Waals surface area contributed by atoms with Crippen molar-refractivity contribution in [2.75, 3.05) is 13.1 Å². The number of benzene rings is 1. The average molecular weight is 364 g/mol. The van der Waals surface area contributed by atoms with Crippen LogP contribution in [0.1, 0.15) is 43.0 Å². The van der Waals surface area contributed by atoms with E-state index in [2.05, 4.69) is 25.1 Å². The molecule has 2 N–H and O–H groups in total. The number of hydrogen-bond donors (Lipinski definition) is 2. The summed E-state index contributed by atoms with van der Waals surface area (Å²) in [6, 6.07) is 11.6. The first kappa shape index (κ1) is 17.6. The molecule has 140 valence electrons. The molecule has 3 heterocycles. The van der Waals surface area contributed by atoms with Crippen LogP contribution < -0.4 is 5.56 Å². The molecule has 2 aromatic heterocycles. The van der Waals surface area contributed by atoms with E-state index in [9.17, 15) is 4.79 Å². The van der Waals surface area contributed by atoms with Gasteiger partial charge in [0.25, 0.3) is 5.56 Å². The number of nitrogens with zero attached hydrogens (tertiary/aromatic N) is 4. The van der Waals surface area contributed by atoms with Gasteiger partial charge in [-0.1, -0.05) is 37.3 Å². The molecule has 0 amide bonds. The lowest BCUT2D eigenvalue weighted by Gasteiger charge is -2.31. The molecule has 27 heavy (non-hydrogen) atoms.